The molecule has 1 aliphatic rings. The highest BCUT2D eigenvalue weighted by Crippen LogP contribution is 2.16. The molecular formula is C14H14N4O. The molecule has 1 aromatic heterocycles. The van der Waals surface area contributed by atoms with Crippen molar-refractivity contribution in [3.05, 3.63) is 40.4 Å². The average molecular weight is 254 g/mol. The molecule has 1 atom stereocenters. The third-order valence-electron chi connectivity index (χ3n) is 3.58. The molecule has 2 heterocycles. The van der Waals surface area contributed by atoms with Crippen molar-refractivity contribution < 1.29 is 0 Å². The Hall–Kier alpha value is -2.19. The Morgan fingerprint density at radius 2 is 2.37 bits per heavy atom. The zero-order chi connectivity index (χ0) is 13.2. The monoisotopic (exact) mass is 254 g/mol. The predicted octanol–water partition coefficient (Wildman–Crippen LogP) is 1.19. The molecule has 0 spiro atoms. The maximum atomic E-state index is 12.4. The Morgan fingerprint density at radius 1 is 1.47 bits per heavy atom. The van der Waals surface area contributed by atoms with Crippen LogP contribution in [0.2, 0.25) is 0 Å². The first-order valence-electron chi connectivity index (χ1n) is 6.41. The molecule has 1 fully saturated rings. The number of nitriles is 1. The van der Waals surface area contributed by atoms with Crippen LogP contribution in [0.5, 0.6) is 0 Å². The quantitative estimate of drug-likeness (QED) is 0.830. The first kappa shape index (κ1) is 11.9. The van der Waals surface area contributed by atoms with Crippen LogP contribution in [-0.2, 0) is 0 Å². The first-order chi connectivity index (χ1) is 9.29. The van der Waals surface area contributed by atoms with Crippen molar-refractivity contribution in [1.82, 2.24) is 14.9 Å². The van der Waals surface area contributed by atoms with Gasteiger partial charge < -0.3 is 5.32 Å². The lowest BCUT2D eigenvalue weighted by atomic mass is 10.1. The molecule has 96 valence electrons. The highest BCUT2D eigenvalue weighted by molar-refractivity contribution is 5.78. The number of fused-ring (bicyclic) bond motifs is 1. The molecule has 1 saturated heterocycles. The third-order valence-corrected chi connectivity index (χ3v) is 3.58. The van der Waals surface area contributed by atoms with E-state index in [2.05, 4.69) is 16.4 Å². The van der Waals surface area contributed by atoms with Gasteiger partial charge in [-0.25, -0.2) is 4.98 Å². The van der Waals surface area contributed by atoms with Crippen molar-refractivity contribution in [1.29, 1.82) is 5.26 Å². The fourth-order valence-electron chi connectivity index (χ4n) is 2.54. The number of benzene rings is 1. The van der Waals surface area contributed by atoms with Gasteiger partial charge in [0.05, 0.1) is 34.9 Å². The van der Waals surface area contributed by atoms with E-state index in [0.29, 0.717) is 16.5 Å². The fraction of sp³-hybridized carbons (Fsp3) is 0.357. The largest absolute Gasteiger partial charge is 0.315 e. The Labute approximate surface area is 110 Å². The molecular weight excluding hydrogens is 240 g/mol. The van der Waals surface area contributed by atoms with E-state index in [1.807, 2.05) is 0 Å². The van der Waals surface area contributed by atoms with E-state index >= 15 is 0 Å². The Bertz CT molecular complexity index is 707. The maximum Gasteiger partial charge on any atom is 0.261 e. The van der Waals surface area contributed by atoms with Crippen molar-refractivity contribution in [2.75, 3.05) is 13.1 Å². The number of rotatable bonds is 1. The van der Waals surface area contributed by atoms with Crippen LogP contribution < -0.4 is 10.9 Å². The second-order valence-corrected chi connectivity index (χ2v) is 4.80. The number of hydrogen-bond acceptors (Lipinski definition) is 4. The van der Waals surface area contributed by atoms with Crippen molar-refractivity contribution in [3.8, 4) is 6.07 Å². The van der Waals surface area contributed by atoms with Gasteiger partial charge in [0.2, 0.25) is 0 Å². The van der Waals surface area contributed by atoms with Crippen LogP contribution in [0.1, 0.15) is 24.4 Å². The summed E-state index contributed by atoms with van der Waals surface area (Å²) >= 11 is 0. The summed E-state index contributed by atoms with van der Waals surface area (Å²) in [6.45, 7) is 1.82. The van der Waals surface area contributed by atoms with E-state index in [9.17, 15) is 4.79 Å². The molecule has 0 saturated carbocycles. The van der Waals surface area contributed by atoms with Gasteiger partial charge in [-0.3, -0.25) is 9.36 Å². The van der Waals surface area contributed by atoms with Crippen LogP contribution in [0.4, 0.5) is 0 Å². The summed E-state index contributed by atoms with van der Waals surface area (Å²) in [5.41, 5.74) is 1.09. The normalized spacial score (nSPS) is 19.2. The van der Waals surface area contributed by atoms with Crippen LogP contribution in [-0.4, -0.2) is 22.6 Å². The van der Waals surface area contributed by atoms with Gasteiger partial charge in [0.15, 0.2) is 0 Å². The highest BCUT2D eigenvalue weighted by atomic mass is 16.1. The summed E-state index contributed by atoms with van der Waals surface area (Å²) in [4.78, 5) is 16.7. The van der Waals surface area contributed by atoms with Gasteiger partial charge in [-0.2, -0.15) is 5.26 Å². The average Bonchev–Trinajstić information content (AvgIpc) is 2.48. The van der Waals surface area contributed by atoms with Gasteiger partial charge in [-0.15, -0.1) is 0 Å². The molecule has 0 unspecified atom stereocenters. The van der Waals surface area contributed by atoms with Crippen molar-refractivity contribution in [3.63, 3.8) is 0 Å². The van der Waals surface area contributed by atoms with Crippen LogP contribution in [0.15, 0.2) is 29.3 Å². The van der Waals surface area contributed by atoms with Gasteiger partial charge in [-0.1, -0.05) is 0 Å². The van der Waals surface area contributed by atoms with Crippen LogP contribution in [0.25, 0.3) is 10.9 Å². The predicted molar refractivity (Wildman–Crippen MR) is 71.9 cm³/mol. The van der Waals surface area contributed by atoms with E-state index in [1.54, 1.807) is 29.1 Å². The van der Waals surface area contributed by atoms with E-state index in [1.165, 1.54) is 0 Å². The fourth-order valence-corrected chi connectivity index (χ4v) is 2.54. The molecule has 0 bridgehead atoms. The van der Waals surface area contributed by atoms with Crippen LogP contribution in [0.3, 0.4) is 0 Å². The molecule has 2 aromatic rings. The minimum Gasteiger partial charge on any atom is -0.315 e. The number of nitrogens with one attached hydrogen (secondary N) is 1. The maximum absolute atomic E-state index is 12.4. The molecule has 1 aromatic carbocycles. The zero-order valence-corrected chi connectivity index (χ0v) is 10.5. The van der Waals surface area contributed by atoms with Crippen LogP contribution >= 0.6 is 0 Å². The second kappa shape index (κ2) is 4.82. The van der Waals surface area contributed by atoms with E-state index in [4.69, 9.17) is 5.26 Å². The molecule has 0 radical (unpaired) electrons. The Kier molecular flexibility index (Phi) is 3.02. The van der Waals surface area contributed by atoms with E-state index in [-0.39, 0.29) is 11.6 Å². The molecule has 5 heteroatoms. The molecule has 3 rings (SSSR count). The lowest BCUT2D eigenvalue weighted by Crippen LogP contribution is -2.36. The molecule has 0 amide bonds. The Balaban J connectivity index is 2.11. The lowest BCUT2D eigenvalue weighted by Gasteiger charge is -2.24. The molecule has 5 nitrogen and oxygen atoms in total. The number of aromatic nitrogens is 2. The minimum absolute atomic E-state index is 0.0248. The first-order valence-corrected chi connectivity index (χ1v) is 6.41. The van der Waals surface area contributed by atoms with Crippen molar-refractivity contribution >= 4 is 10.9 Å². The summed E-state index contributed by atoms with van der Waals surface area (Å²) in [6, 6.07) is 7.24. The summed E-state index contributed by atoms with van der Waals surface area (Å²) in [7, 11) is 0. The van der Waals surface area contributed by atoms with Gasteiger partial charge >= 0.3 is 0 Å². The van der Waals surface area contributed by atoms with Crippen LogP contribution in [0, 0.1) is 11.3 Å². The molecule has 1 N–H and O–H groups in total. The molecule has 1 aliphatic heterocycles. The summed E-state index contributed by atoms with van der Waals surface area (Å²) < 4.78 is 1.71. The molecule has 19 heavy (non-hydrogen) atoms. The third kappa shape index (κ3) is 2.11. The SMILES string of the molecule is N#Cc1ccc2c(=O)n([C@@H]3CCCNC3)cnc2c1. The number of nitrogens with zero attached hydrogens (tertiary/aromatic N) is 3. The van der Waals surface area contributed by atoms with Gasteiger partial charge in [0, 0.05) is 6.54 Å². The van der Waals surface area contributed by atoms with Gasteiger partial charge in [0.1, 0.15) is 0 Å². The molecule has 0 aliphatic carbocycles. The van der Waals surface area contributed by atoms with Crippen molar-refractivity contribution in [2.45, 2.75) is 18.9 Å². The van der Waals surface area contributed by atoms with Gasteiger partial charge in [0.25, 0.3) is 5.56 Å². The van der Waals surface area contributed by atoms with Gasteiger partial charge in [-0.05, 0) is 37.6 Å². The number of hydrogen-bond donors (Lipinski definition) is 1. The summed E-state index contributed by atoms with van der Waals surface area (Å²) in [5.74, 6) is 0. The summed E-state index contributed by atoms with van der Waals surface area (Å²) in [6.07, 6.45) is 3.67. The standard InChI is InChI=1S/C14H14N4O/c15-7-10-3-4-12-13(6-10)17-9-18(14(12)19)11-2-1-5-16-8-11/h3-4,6,9,11,16H,1-2,5,8H2/t11-/m1/s1. The topological polar surface area (TPSA) is 70.7 Å². The number of piperidine rings is 1. The van der Waals surface area contributed by atoms with Crippen molar-refractivity contribution in [2.24, 2.45) is 0 Å². The van der Waals surface area contributed by atoms with E-state index in [0.717, 1.165) is 25.9 Å². The Morgan fingerprint density at radius 3 is 3.11 bits per heavy atom. The van der Waals surface area contributed by atoms with E-state index < -0.39 is 0 Å². The smallest absolute Gasteiger partial charge is 0.261 e. The summed E-state index contributed by atoms with van der Waals surface area (Å²) in [5, 5.41) is 12.7. The lowest BCUT2D eigenvalue weighted by molar-refractivity contribution is 0.363. The second-order valence-electron chi connectivity index (χ2n) is 4.80. The zero-order valence-electron chi connectivity index (χ0n) is 10.5. The minimum atomic E-state index is -0.0248. The highest BCUT2D eigenvalue weighted by Gasteiger charge is 2.17.